The molecule has 0 saturated carbocycles. The van der Waals surface area contributed by atoms with Crippen LogP contribution in [0.25, 0.3) is 16.9 Å². The molecule has 0 saturated heterocycles. The summed E-state index contributed by atoms with van der Waals surface area (Å²) in [6, 6.07) is 12.7. The van der Waals surface area contributed by atoms with Crippen LogP contribution in [0.4, 0.5) is 26.3 Å². The number of aromatic nitrogens is 2. The molecule has 35 heavy (non-hydrogen) atoms. The average Bonchev–Trinajstić information content (AvgIpc) is 3.22. The van der Waals surface area contributed by atoms with Crippen molar-refractivity contribution in [1.29, 1.82) is 0 Å². The summed E-state index contributed by atoms with van der Waals surface area (Å²) in [5, 5.41) is 3.67. The minimum Gasteiger partial charge on any atom is -0.233 e. The Bertz CT molecular complexity index is 1250. The van der Waals surface area contributed by atoms with Crippen LogP contribution in [0.3, 0.4) is 0 Å². The number of alkyl halides is 6. The van der Waals surface area contributed by atoms with E-state index in [0.717, 1.165) is 23.2 Å². The zero-order chi connectivity index (χ0) is 26.0. The third-order valence-electron chi connectivity index (χ3n) is 5.40. The first kappa shape index (κ1) is 26.7. The van der Waals surface area contributed by atoms with Crippen molar-refractivity contribution >= 4 is 10.0 Å². The third-order valence-corrected chi connectivity index (χ3v) is 6.88. The van der Waals surface area contributed by atoms with Crippen molar-refractivity contribution in [2.45, 2.75) is 43.9 Å². The van der Waals surface area contributed by atoms with Crippen molar-refractivity contribution in [3.63, 3.8) is 0 Å². The second-order valence-corrected chi connectivity index (χ2v) is 9.93. The van der Waals surface area contributed by atoms with Crippen LogP contribution in [-0.2, 0) is 16.2 Å². The maximum Gasteiger partial charge on any atom is 0.435 e. The quantitative estimate of drug-likeness (QED) is 0.288. The SMILES string of the molecule is Cc1ccc(-c2cc(C(F)(F)F)nn2-c2ccc(S(=O)(=O)NCCCC(C)C(F)(F)F)cc2)cc1. The molecule has 0 amide bonds. The van der Waals surface area contributed by atoms with Gasteiger partial charge >= 0.3 is 12.4 Å². The van der Waals surface area contributed by atoms with Gasteiger partial charge in [-0.25, -0.2) is 17.8 Å². The van der Waals surface area contributed by atoms with Crippen LogP contribution < -0.4 is 4.72 Å². The lowest BCUT2D eigenvalue weighted by molar-refractivity contribution is -0.171. The highest BCUT2D eigenvalue weighted by molar-refractivity contribution is 7.89. The van der Waals surface area contributed by atoms with E-state index >= 15 is 0 Å². The molecule has 1 aromatic heterocycles. The van der Waals surface area contributed by atoms with Gasteiger partial charge in [-0.15, -0.1) is 0 Å². The Morgan fingerprint density at radius 3 is 2.11 bits per heavy atom. The van der Waals surface area contributed by atoms with Gasteiger partial charge in [-0.05, 0) is 50.1 Å². The van der Waals surface area contributed by atoms with E-state index < -0.39 is 34.0 Å². The Morgan fingerprint density at radius 1 is 0.971 bits per heavy atom. The number of hydrogen-bond acceptors (Lipinski definition) is 3. The molecule has 0 radical (unpaired) electrons. The van der Waals surface area contributed by atoms with Crippen LogP contribution in [0.2, 0.25) is 0 Å². The number of rotatable bonds is 8. The molecule has 1 unspecified atom stereocenters. The van der Waals surface area contributed by atoms with Crippen molar-refractivity contribution in [3.8, 4) is 16.9 Å². The molecule has 0 aliphatic carbocycles. The molecule has 1 N–H and O–H groups in total. The Labute approximate surface area is 198 Å². The van der Waals surface area contributed by atoms with Gasteiger partial charge < -0.3 is 0 Å². The maximum absolute atomic E-state index is 13.3. The Hall–Kier alpha value is -2.86. The third kappa shape index (κ3) is 6.63. The zero-order valence-corrected chi connectivity index (χ0v) is 19.6. The largest absolute Gasteiger partial charge is 0.435 e. The van der Waals surface area contributed by atoms with Gasteiger partial charge in [-0.1, -0.05) is 36.8 Å². The van der Waals surface area contributed by atoms with Crippen LogP contribution in [0.15, 0.2) is 59.5 Å². The fourth-order valence-electron chi connectivity index (χ4n) is 3.27. The predicted molar refractivity (Wildman–Crippen MR) is 118 cm³/mol. The second-order valence-electron chi connectivity index (χ2n) is 8.17. The number of hydrogen-bond donors (Lipinski definition) is 1. The molecule has 0 spiro atoms. The summed E-state index contributed by atoms with van der Waals surface area (Å²) in [5.74, 6) is -1.55. The lowest BCUT2D eigenvalue weighted by Crippen LogP contribution is -2.26. The Morgan fingerprint density at radius 2 is 1.57 bits per heavy atom. The second kappa shape index (κ2) is 10.0. The summed E-state index contributed by atoms with van der Waals surface area (Å²) in [5.41, 5.74) is 0.689. The minimum atomic E-state index is -4.68. The number of benzene rings is 2. The molecule has 2 aromatic carbocycles. The molecule has 12 heteroatoms. The lowest BCUT2D eigenvalue weighted by atomic mass is 10.1. The molecule has 3 rings (SSSR count). The van der Waals surface area contributed by atoms with E-state index in [2.05, 4.69) is 9.82 Å². The maximum atomic E-state index is 13.3. The first-order valence-electron chi connectivity index (χ1n) is 10.6. The van der Waals surface area contributed by atoms with Crippen LogP contribution in [0, 0.1) is 12.8 Å². The van der Waals surface area contributed by atoms with Crippen molar-refractivity contribution in [3.05, 3.63) is 65.9 Å². The predicted octanol–water partition coefficient (Wildman–Crippen LogP) is 6.12. The lowest BCUT2D eigenvalue weighted by Gasteiger charge is -2.15. The normalized spacial score (nSPS) is 13.7. The molecule has 1 atom stereocenters. The summed E-state index contributed by atoms with van der Waals surface area (Å²) in [4.78, 5) is -0.176. The molecule has 0 aliphatic rings. The standard InChI is InChI=1S/C23H23F6N3O2S/c1-15-5-7-17(8-6-15)20-14-21(23(27,28)29)31-32(20)18-9-11-19(12-10-18)35(33,34)30-13-3-4-16(2)22(24,25)26/h5-12,14,16,30H,3-4,13H2,1-2H3. The topological polar surface area (TPSA) is 64.0 Å². The fraction of sp³-hybridized carbons (Fsp3) is 0.348. The molecule has 1 heterocycles. The van der Waals surface area contributed by atoms with Gasteiger partial charge in [0.25, 0.3) is 0 Å². The van der Waals surface area contributed by atoms with Crippen LogP contribution >= 0.6 is 0 Å². The summed E-state index contributed by atoms with van der Waals surface area (Å²) in [7, 11) is -4.02. The summed E-state index contributed by atoms with van der Waals surface area (Å²) >= 11 is 0. The first-order valence-corrected chi connectivity index (χ1v) is 12.1. The molecule has 190 valence electrons. The zero-order valence-electron chi connectivity index (χ0n) is 18.8. The number of halogens is 6. The van der Waals surface area contributed by atoms with Crippen molar-refractivity contribution in [2.75, 3.05) is 6.54 Å². The fourth-order valence-corrected chi connectivity index (χ4v) is 4.35. The highest BCUT2D eigenvalue weighted by atomic mass is 32.2. The molecular weight excluding hydrogens is 496 g/mol. The monoisotopic (exact) mass is 519 g/mol. The average molecular weight is 520 g/mol. The van der Waals surface area contributed by atoms with Crippen molar-refractivity contribution < 1.29 is 34.8 Å². The van der Waals surface area contributed by atoms with Gasteiger partial charge in [0.2, 0.25) is 10.0 Å². The molecule has 5 nitrogen and oxygen atoms in total. The van der Waals surface area contributed by atoms with Gasteiger partial charge in [-0.2, -0.15) is 31.4 Å². The van der Waals surface area contributed by atoms with E-state index in [1.165, 1.54) is 24.3 Å². The van der Waals surface area contributed by atoms with Gasteiger partial charge in [-0.3, -0.25) is 0 Å². The molecule has 0 aliphatic heterocycles. The first-order chi connectivity index (χ1) is 16.2. The van der Waals surface area contributed by atoms with E-state index in [-0.39, 0.29) is 35.7 Å². The van der Waals surface area contributed by atoms with Gasteiger partial charge in [0, 0.05) is 12.1 Å². The Kier molecular flexibility index (Phi) is 7.65. The highest BCUT2D eigenvalue weighted by Crippen LogP contribution is 2.33. The van der Waals surface area contributed by atoms with Gasteiger partial charge in [0.15, 0.2) is 5.69 Å². The Balaban J connectivity index is 1.81. The van der Waals surface area contributed by atoms with Crippen molar-refractivity contribution in [2.24, 2.45) is 5.92 Å². The molecule has 3 aromatic rings. The number of nitrogens with one attached hydrogen (secondary N) is 1. The van der Waals surface area contributed by atoms with E-state index in [0.29, 0.717) is 5.56 Å². The van der Waals surface area contributed by atoms with Crippen molar-refractivity contribution in [1.82, 2.24) is 14.5 Å². The molecular formula is C23H23F6N3O2S. The number of sulfonamides is 1. The molecule has 0 fully saturated rings. The summed E-state index contributed by atoms with van der Waals surface area (Å²) < 4.78 is 106. The van der Waals surface area contributed by atoms with E-state index in [9.17, 15) is 34.8 Å². The number of aryl methyl sites for hydroxylation is 1. The highest BCUT2D eigenvalue weighted by Gasteiger charge is 2.36. The van der Waals surface area contributed by atoms with Crippen LogP contribution in [-0.4, -0.2) is 30.9 Å². The van der Waals surface area contributed by atoms with Gasteiger partial charge in [0.05, 0.1) is 22.2 Å². The van der Waals surface area contributed by atoms with Gasteiger partial charge in [0.1, 0.15) is 0 Å². The summed E-state index contributed by atoms with van der Waals surface area (Å²) in [6.45, 7) is 2.68. The van der Waals surface area contributed by atoms with E-state index in [4.69, 9.17) is 0 Å². The number of nitrogens with zero attached hydrogens (tertiary/aromatic N) is 2. The smallest absolute Gasteiger partial charge is 0.233 e. The van der Waals surface area contributed by atoms with E-state index in [1.807, 2.05) is 6.92 Å². The minimum absolute atomic E-state index is 0.00853. The van der Waals surface area contributed by atoms with Crippen LogP contribution in [0.5, 0.6) is 0 Å². The van der Waals surface area contributed by atoms with E-state index in [1.54, 1.807) is 24.3 Å². The van der Waals surface area contributed by atoms with Crippen LogP contribution in [0.1, 0.15) is 31.0 Å². The molecule has 0 bridgehead atoms. The summed E-state index contributed by atoms with van der Waals surface area (Å²) in [6.07, 6.45) is -9.26.